The standard InChI is InChI=1S/C13H20N2O3/c1-9(2)12(8-18-4)14-11-7-10(3)5-6-13(11)15(16)17/h5-7,9,12,14H,8H2,1-4H3. The Kier molecular flexibility index (Phi) is 5.09. The zero-order valence-electron chi connectivity index (χ0n) is 11.3. The Morgan fingerprint density at radius 1 is 1.44 bits per heavy atom. The topological polar surface area (TPSA) is 64.4 Å². The van der Waals surface area contributed by atoms with Gasteiger partial charge in [0.2, 0.25) is 0 Å². The van der Waals surface area contributed by atoms with Gasteiger partial charge in [-0.15, -0.1) is 0 Å². The zero-order valence-corrected chi connectivity index (χ0v) is 11.3. The van der Waals surface area contributed by atoms with Gasteiger partial charge in [0.15, 0.2) is 0 Å². The van der Waals surface area contributed by atoms with Crippen molar-refractivity contribution in [3.63, 3.8) is 0 Å². The van der Waals surface area contributed by atoms with Crippen LogP contribution >= 0.6 is 0 Å². The molecule has 0 saturated heterocycles. The molecule has 18 heavy (non-hydrogen) atoms. The molecule has 0 amide bonds. The molecule has 0 saturated carbocycles. The highest BCUT2D eigenvalue weighted by Crippen LogP contribution is 2.26. The van der Waals surface area contributed by atoms with Crippen molar-refractivity contribution in [2.75, 3.05) is 19.0 Å². The molecule has 1 atom stereocenters. The Labute approximate surface area is 107 Å². The van der Waals surface area contributed by atoms with Crippen molar-refractivity contribution in [2.24, 2.45) is 5.92 Å². The predicted molar refractivity (Wildman–Crippen MR) is 72.0 cm³/mol. The van der Waals surface area contributed by atoms with Gasteiger partial charge in [-0.3, -0.25) is 10.1 Å². The number of methoxy groups -OCH3 is 1. The van der Waals surface area contributed by atoms with Crippen molar-refractivity contribution in [1.29, 1.82) is 0 Å². The lowest BCUT2D eigenvalue weighted by Crippen LogP contribution is -2.30. The van der Waals surface area contributed by atoms with Crippen molar-refractivity contribution in [2.45, 2.75) is 26.8 Å². The van der Waals surface area contributed by atoms with Gasteiger partial charge in [-0.1, -0.05) is 19.9 Å². The summed E-state index contributed by atoms with van der Waals surface area (Å²) < 4.78 is 5.14. The third-order valence-corrected chi connectivity index (χ3v) is 2.84. The Morgan fingerprint density at radius 3 is 2.61 bits per heavy atom. The van der Waals surface area contributed by atoms with E-state index in [1.165, 1.54) is 6.07 Å². The summed E-state index contributed by atoms with van der Waals surface area (Å²) in [7, 11) is 1.63. The molecule has 1 rings (SSSR count). The monoisotopic (exact) mass is 252 g/mol. The van der Waals surface area contributed by atoms with E-state index in [9.17, 15) is 10.1 Å². The summed E-state index contributed by atoms with van der Waals surface area (Å²) in [5.41, 5.74) is 1.64. The molecule has 0 spiro atoms. The molecule has 1 aromatic carbocycles. The van der Waals surface area contributed by atoms with Crippen LogP contribution in [0.1, 0.15) is 19.4 Å². The minimum atomic E-state index is -0.369. The first-order valence-electron chi connectivity index (χ1n) is 5.96. The van der Waals surface area contributed by atoms with Crippen LogP contribution in [0.15, 0.2) is 18.2 Å². The maximum atomic E-state index is 11.0. The average molecular weight is 252 g/mol. The van der Waals surface area contributed by atoms with Crippen LogP contribution in [0.5, 0.6) is 0 Å². The summed E-state index contributed by atoms with van der Waals surface area (Å²) in [6, 6.07) is 5.12. The highest BCUT2D eigenvalue weighted by Gasteiger charge is 2.19. The number of benzene rings is 1. The van der Waals surface area contributed by atoms with Crippen LogP contribution in [-0.2, 0) is 4.74 Å². The van der Waals surface area contributed by atoms with E-state index in [0.29, 0.717) is 18.2 Å². The molecule has 0 aliphatic carbocycles. The molecule has 0 aliphatic rings. The van der Waals surface area contributed by atoms with Crippen molar-refractivity contribution in [1.82, 2.24) is 0 Å². The molecule has 5 heteroatoms. The molecule has 1 N–H and O–H groups in total. The summed E-state index contributed by atoms with van der Waals surface area (Å²) in [6.07, 6.45) is 0. The Hall–Kier alpha value is -1.62. The van der Waals surface area contributed by atoms with Crippen molar-refractivity contribution >= 4 is 11.4 Å². The number of nitrogens with one attached hydrogen (secondary N) is 1. The molecule has 0 aliphatic heterocycles. The van der Waals surface area contributed by atoms with Gasteiger partial charge in [-0.25, -0.2) is 0 Å². The van der Waals surface area contributed by atoms with E-state index < -0.39 is 0 Å². The molecular weight excluding hydrogens is 232 g/mol. The normalized spacial score (nSPS) is 12.5. The fourth-order valence-corrected chi connectivity index (χ4v) is 1.70. The largest absolute Gasteiger partial charge is 0.383 e. The maximum Gasteiger partial charge on any atom is 0.292 e. The van der Waals surface area contributed by atoms with Crippen LogP contribution in [0.25, 0.3) is 0 Å². The Bertz CT molecular complexity index is 419. The SMILES string of the molecule is COCC(Nc1cc(C)ccc1[N+](=O)[O-])C(C)C. The minimum Gasteiger partial charge on any atom is -0.383 e. The first-order chi connectivity index (χ1) is 8.45. The van der Waals surface area contributed by atoms with E-state index in [4.69, 9.17) is 4.74 Å². The highest BCUT2D eigenvalue weighted by atomic mass is 16.6. The predicted octanol–water partition coefficient (Wildman–Crippen LogP) is 2.99. The average Bonchev–Trinajstić information content (AvgIpc) is 2.28. The molecule has 1 unspecified atom stereocenters. The van der Waals surface area contributed by atoms with E-state index in [1.807, 2.05) is 6.92 Å². The molecule has 0 bridgehead atoms. The van der Waals surface area contributed by atoms with Gasteiger partial charge < -0.3 is 10.1 Å². The van der Waals surface area contributed by atoms with E-state index in [0.717, 1.165) is 5.56 Å². The van der Waals surface area contributed by atoms with Gasteiger partial charge in [-0.2, -0.15) is 0 Å². The van der Waals surface area contributed by atoms with Gasteiger partial charge in [0.05, 0.1) is 17.6 Å². The van der Waals surface area contributed by atoms with Gasteiger partial charge in [0, 0.05) is 13.2 Å². The number of ether oxygens (including phenoxy) is 1. The summed E-state index contributed by atoms with van der Waals surface area (Å²) in [4.78, 5) is 10.6. The smallest absolute Gasteiger partial charge is 0.292 e. The maximum absolute atomic E-state index is 11.0. The number of anilines is 1. The lowest BCUT2D eigenvalue weighted by molar-refractivity contribution is -0.384. The van der Waals surface area contributed by atoms with Crippen molar-refractivity contribution < 1.29 is 9.66 Å². The third-order valence-electron chi connectivity index (χ3n) is 2.84. The molecule has 0 fully saturated rings. The molecule has 100 valence electrons. The summed E-state index contributed by atoms with van der Waals surface area (Å²) >= 11 is 0. The second-order valence-corrected chi connectivity index (χ2v) is 4.73. The van der Waals surface area contributed by atoms with E-state index >= 15 is 0 Å². The molecular formula is C13H20N2O3. The first-order valence-corrected chi connectivity index (χ1v) is 5.96. The third kappa shape index (κ3) is 3.70. The summed E-state index contributed by atoms with van der Waals surface area (Å²) in [5, 5.41) is 14.2. The van der Waals surface area contributed by atoms with Gasteiger partial charge in [-0.05, 0) is 24.5 Å². The van der Waals surface area contributed by atoms with Crippen LogP contribution < -0.4 is 5.32 Å². The van der Waals surface area contributed by atoms with E-state index in [-0.39, 0.29) is 16.7 Å². The van der Waals surface area contributed by atoms with Gasteiger partial charge in [0.1, 0.15) is 5.69 Å². The molecule has 0 radical (unpaired) electrons. The number of nitro benzene ring substituents is 1. The number of rotatable bonds is 6. The Balaban J connectivity index is 3.00. The van der Waals surface area contributed by atoms with E-state index in [1.54, 1.807) is 19.2 Å². The first kappa shape index (κ1) is 14.4. The van der Waals surface area contributed by atoms with Gasteiger partial charge >= 0.3 is 0 Å². The molecule has 0 heterocycles. The van der Waals surface area contributed by atoms with Crippen molar-refractivity contribution in [3.05, 3.63) is 33.9 Å². The minimum absolute atomic E-state index is 0.0514. The number of nitro groups is 1. The number of hydrogen-bond acceptors (Lipinski definition) is 4. The summed E-state index contributed by atoms with van der Waals surface area (Å²) in [5.74, 6) is 0.324. The van der Waals surface area contributed by atoms with Crippen LogP contribution in [0.2, 0.25) is 0 Å². The van der Waals surface area contributed by atoms with Crippen LogP contribution in [0, 0.1) is 23.0 Å². The second-order valence-electron chi connectivity index (χ2n) is 4.73. The number of aryl methyl sites for hydroxylation is 1. The lowest BCUT2D eigenvalue weighted by Gasteiger charge is -2.22. The zero-order chi connectivity index (χ0) is 13.7. The summed E-state index contributed by atoms with van der Waals surface area (Å²) in [6.45, 7) is 6.54. The number of nitrogens with zero attached hydrogens (tertiary/aromatic N) is 1. The fraction of sp³-hybridized carbons (Fsp3) is 0.538. The van der Waals surface area contributed by atoms with Crippen LogP contribution in [0.3, 0.4) is 0 Å². The van der Waals surface area contributed by atoms with Crippen molar-refractivity contribution in [3.8, 4) is 0 Å². The highest BCUT2D eigenvalue weighted by molar-refractivity contribution is 5.63. The fourth-order valence-electron chi connectivity index (χ4n) is 1.70. The quantitative estimate of drug-likeness (QED) is 0.624. The van der Waals surface area contributed by atoms with E-state index in [2.05, 4.69) is 19.2 Å². The molecule has 0 aromatic heterocycles. The second kappa shape index (κ2) is 6.35. The number of hydrogen-bond donors (Lipinski definition) is 1. The molecule has 5 nitrogen and oxygen atoms in total. The van der Waals surface area contributed by atoms with Crippen LogP contribution in [0.4, 0.5) is 11.4 Å². The lowest BCUT2D eigenvalue weighted by atomic mass is 10.0. The molecule has 1 aromatic rings. The Morgan fingerprint density at radius 2 is 2.11 bits per heavy atom. The van der Waals surface area contributed by atoms with Crippen LogP contribution in [-0.4, -0.2) is 24.7 Å². The van der Waals surface area contributed by atoms with Gasteiger partial charge in [0.25, 0.3) is 5.69 Å².